The maximum absolute atomic E-state index is 12.0. The highest BCUT2D eigenvalue weighted by Gasteiger charge is 2.28. The number of alkyl halides is 3. The Morgan fingerprint density at radius 3 is 2.50 bits per heavy atom. The molecule has 1 aromatic rings. The van der Waals surface area contributed by atoms with Crippen molar-refractivity contribution in [1.29, 1.82) is 0 Å². The molecule has 1 N–H and O–H groups in total. The van der Waals surface area contributed by atoms with Crippen LogP contribution in [0.2, 0.25) is 0 Å². The molecule has 0 aliphatic carbocycles. The van der Waals surface area contributed by atoms with Gasteiger partial charge in [0, 0.05) is 16.8 Å². The van der Waals surface area contributed by atoms with Crippen molar-refractivity contribution in [2.24, 2.45) is 5.92 Å². The standard InChI is InChI=1S/C12H14BrF3OS/c13-11-4-2-1-3-10(11)7-9(8-17)5-6-18-12(14,15)16/h1-4,9,17H,5-8H2. The van der Waals surface area contributed by atoms with E-state index >= 15 is 0 Å². The molecule has 0 heterocycles. The predicted octanol–water partition coefficient (Wildman–Crippen LogP) is 4.24. The van der Waals surface area contributed by atoms with Crippen LogP contribution in [0.3, 0.4) is 0 Å². The van der Waals surface area contributed by atoms with Gasteiger partial charge in [-0.25, -0.2) is 0 Å². The van der Waals surface area contributed by atoms with Crippen molar-refractivity contribution in [3.63, 3.8) is 0 Å². The van der Waals surface area contributed by atoms with Gasteiger partial charge in [0.25, 0.3) is 0 Å². The Labute approximate surface area is 117 Å². The van der Waals surface area contributed by atoms with Crippen LogP contribution in [0.1, 0.15) is 12.0 Å². The minimum absolute atomic E-state index is 0.0147. The van der Waals surface area contributed by atoms with Crippen LogP contribution in [0.15, 0.2) is 28.7 Å². The summed E-state index contributed by atoms with van der Waals surface area (Å²) >= 11 is 3.36. The highest BCUT2D eigenvalue weighted by Crippen LogP contribution is 2.32. The molecule has 0 fully saturated rings. The van der Waals surface area contributed by atoms with E-state index in [1.54, 1.807) is 0 Å². The molecule has 0 aliphatic rings. The lowest BCUT2D eigenvalue weighted by Gasteiger charge is -2.15. The molecule has 102 valence electrons. The zero-order valence-electron chi connectivity index (χ0n) is 9.58. The summed E-state index contributed by atoms with van der Waals surface area (Å²) in [7, 11) is 0. The highest BCUT2D eigenvalue weighted by atomic mass is 79.9. The third-order valence-electron chi connectivity index (χ3n) is 2.52. The smallest absolute Gasteiger partial charge is 0.396 e. The van der Waals surface area contributed by atoms with Crippen molar-refractivity contribution >= 4 is 27.7 Å². The Morgan fingerprint density at radius 1 is 1.28 bits per heavy atom. The van der Waals surface area contributed by atoms with E-state index in [1.807, 2.05) is 24.3 Å². The van der Waals surface area contributed by atoms with Gasteiger partial charge in [0.05, 0.1) is 0 Å². The minimum atomic E-state index is -4.19. The molecule has 0 radical (unpaired) electrons. The Hall–Kier alpha value is -0.200. The van der Waals surface area contributed by atoms with Crippen molar-refractivity contribution in [1.82, 2.24) is 0 Å². The largest absolute Gasteiger partial charge is 0.441 e. The van der Waals surface area contributed by atoms with Gasteiger partial charge >= 0.3 is 5.51 Å². The molecule has 6 heteroatoms. The van der Waals surface area contributed by atoms with Gasteiger partial charge in [-0.05, 0) is 30.4 Å². The van der Waals surface area contributed by atoms with Gasteiger partial charge in [-0.1, -0.05) is 45.9 Å². The van der Waals surface area contributed by atoms with Gasteiger partial charge in [0.1, 0.15) is 0 Å². The fraction of sp³-hybridized carbons (Fsp3) is 0.500. The molecule has 0 amide bonds. The Kier molecular flexibility index (Phi) is 6.52. The number of thioether (sulfide) groups is 1. The predicted molar refractivity (Wildman–Crippen MR) is 71.6 cm³/mol. The van der Waals surface area contributed by atoms with Crippen LogP contribution < -0.4 is 0 Å². The zero-order chi connectivity index (χ0) is 13.6. The first-order chi connectivity index (χ1) is 8.42. The first-order valence-electron chi connectivity index (χ1n) is 5.47. The summed E-state index contributed by atoms with van der Waals surface area (Å²) in [5.74, 6) is -0.155. The summed E-state index contributed by atoms with van der Waals surface area (Å²) < 4.78 is 36.9. The van der Waals surface area contributed by atoms with Crippen molar-refractivity contribution < 1.29 is 18.3 Å². The van der Waals surface area contributed by atoms with Crippen molar-refractivity contribution in [2.75, 3.05) is 12.4 Å². The van der Waals surface area contributed by atoms with E-state index < -0.39 is 5.51 Å². The summed E-state index contributed by atoms with van der Waals surface area (Å²) in [6.07, 6.45) is 0.929. The molecule has 1 aromatic carbocycles. The van der Waals surface area contributed by atoms with Crippen molar-refractivity contribution in [3.05, 3.63) is 34.3 Å². The Balaban J connectivity index is 2.45. The number of hydrogen-bond donors (Lipinski definition) is 1. The Morgan fingerprint density at radius 2 is 1.94 bits per heavy atom. The van der Waals surface area contributed by atoms with Crippen molar-refractivity contribution in [2.45, 2.75) is 18.3 Å². The summed E-state index contributed by atoms with van der Waals surface area (Å²) in [5.41, 5.74) is -3.18. The quantitative estimate of drug-likeness (QED) is 0.834. The number of benzene rings is 1. The first-order valence-corrected chi connectivity index (χ1v) is 7.25. The molecule has 0 aromatic heterocycles. The van der Waals surface area contributed by atoms with Gasteiger partial charge in [-0.15, -0.1) is 0 Å². The molecule has 0 bridgehead atoms. The zero-order valence-corrected chi connectivity index (χ0v) is 12.0. The summed E-state index contributed by atoms with van der Waals surface area (Å²) in [5, 5.41) is 9.20. The van der Waals surface area contributed by atoms with Crippen LogP contribution in [0, 0.1) is 5.92 Å². The average molecular weight is 343 g/mol. The SMILES string of the molecule is OCC(CCSC(F)(F)F)Cc1ccccc1Br. The van der Waals surface area contributed by atoms with Crippen LogP contribution in [-0.4, -0.2) is 23.0 Å². The summed E-state index contributed by atoms with van der Waals surface area (Å²) in [4.78, 5) is 0. The van der Waals surface area contributed by atoms with Gasteiger partial charge in [-0.3, -0.25) is 0 Å². The van der Waals surface area contributed by atoms with E-state index in [2.05, 4.69) is 15.9 Å². The van der Waals surface area contributed by atoms with E-state index in [1.165, 1.54) is 0 Å². The highest BCUT2D eigenvalue weighted by molar-refractivity contribution is 9.10. The third kappa shape index (κ3) is 6.11. The summed E-state index contributed by atoms with van der Waals surface area (Å²) in [6.45, 7) is -0.0975. The summed E-state index contributed by atoms with van der Waals surface area (Å²) in [6, 6.07) is 7.54. The van der Waals surface area contributed by atoms with Gasteiger partial charge in [0.15, 0.2) is 0 Å². The van der Waals surface area contributed by atoms with E-state index in [0.717, 1.165) is 10.0 Å². The molecular formula is C12H14BrF3OS. The van der Waals surface area contributed by atoms with E-state index in [-0.39, 0.29) is 30.0 Å². The lowest BCUT2D eigenvalue weighted by Crippen LogP contribution is -2.12. The molecule has 18 heavy (non-hydrogen) atoms. The van der Waals surface area contributed by atoms with Gasteiger partial charge in [-0.2, -0.15) is 13.2 Å². The monoisotopic (exact) mass is 342 g/mol. The minimum Gasteiger partial charge on any atom is -0.396 e. The van der Waals surface area contributed by atoms with Gasteiger partial charge in [0.2, 0.25) is 0 Å². The van der Waals surface area contributed by atoms with Crippen molar-refractivity contribution in [3.8, 4) is 0 Å². The molecular weight excluding hydrogens is 329 g/mol. The normalized spacial score (nSPS) is 13.6. The molecule has 1 unspecified atom stereocenters. The molecule has 0 saturated carbocycles. The lowest BCUT2D eigenvalue weighted by atomic mass is 9.98. The van der Waals surface area contributed by atoms with E-state index in [0.29, 0.717) is 12.8 Å². The van der Waals surface area contributed by atoms with Crippen LogP contribution in [0.4, 0.5) is 13.2 Å². The van der Waals surface area contributed by atoms with E-state index in [9.17, 15) is 18.3 Å². The number of rotatable bonds is 6. The maximum Gasteiger partial charge on any atom is 0.441 e. The van der Waals surface area contributed by atoms with Crippen LogP contribution in [-0.2, 0) is 6.42 Å². The molecule has 1 atom stereocenters. The molecule has 1 nitrogen and oxygen atoms in total. The van der Waals surface area contributed by atoms with Crippen LogP contribution in [0.5, 0.6) is 0 Å². The number of halogens is 4. The number of hydrogen-bond acceptors (Lipinski definition) is 2. The molecule has 1 rings (SSSR count). The molecule has 0 saturated heterocycles. The maximum atomic E-state index is 12.0. The first kappa shape index (κ1) is 15.9. The average Bonchev–Trinajstić information content (AvgIpc) is 2.29. The second-order valence-electron chi connectivity index (χ2n) is 3.93. The number of aliphatic hydroxyl groups is 1. The molecule has 0 aliphatic heterocycles. The fourth-order valence-electron chi connectivity index (χ4n) is 1.57. The third-order valence-corrected chi connectivity index (χ3v) is 4.06. The lowest BCUT2D eigenvalue weighted by molar-refractivity contribution is -0.0328. The second-order valence-corrected chi connectivity index (χ2v) is 5.94. The molecule has 0 spiro atoms. The van der Waals surface area contributed by atoms with Crippen LogP contribution >= 0.6 is 27.7 Å². The number of aliphatic hydroxyl groups excluding tert-OH is 1. The van der Waals surface area contributed by atoms with Crippen LogP contribution in [0.25, 0.3) is 0 Å². The Bertz CT molecular complexity index is 371. The second kappa shape index (κ2) is 7.40. The van der Waals surface area contributed by atoms with E-state index in [4.69, 9.17) is 0 Å². The fourth-order valence-corrected chi connectivity index (χ4v) is 2.70. The van der Waals surface area contributed by atoms with Gasteiger partial charge < -0.3 is 5.11 Å². The topological polar surface area (TPSA) is 20.2 Å².